The molecule has 0 saturated carbocycles. The summed E-state index contributed by atoms with van der Waals surface area (Å²) < 4.78 is 2.11. The number of nitrogens with zero attached hydrogens (tertiary/aromatic N) is 4. The molecule has 0 aliphatic carbocycles. The Hall–Kier alpha value is -2.97. The van der Waals surface area contributed by atoms with Crippen molar-refractivity contribution in [3.8, 4) is 0 Å². The van der Waals surface area contributed by atoms with Gasteiger partial charge in [-0.05, 0) is 70.1 Å². The van der Waals surface area contributed by atoms with E-state index in [4.69, 9.17) is 0 Å². The number of hydrogen-bond acceptors (Lipinski definition) is 5. The number of carbonyl (C=O) groups excluding carboxylic acids is 2. The van der Waals surface area contributed by atoms with E-state index in [9.17, 15) is 9.59 Å². The van der Waals surface area contributed by atoms with Gasteiger partial charge in [0.15, 0.2) is 0 Å². The van der Waals surface area contributed by atoms with Crippen molar-refractivity contribution in [2.75, 3.05) is 26.2 Å². The third kappa shape index (κ3) is 8.54. The Morgan fingerprint density at radius 2 is 1.81 bits per heavy atom. The topological polar surface area (TPSA) is 70.5 Å². The van der Waals surface area contributed by atoms with Crippen LogP contribution in [0.15, 0.2) is 54.0 Å². The molecule has 0 aliphatic rings. The number of aromatic nitrogens is 2. The Kier molecular flexibility index (Phi) is 11.4. The predicted molar refractivity (Wildman–Crippen MR) is 151 cm³/mol. The molecule has 0 bridgehead atoms. The van der Waals surface area contributed by atoms with E-state index < -0.39 is 0 Å². The summed E-state index contributed by atoms with van der Waals surface area (Å²) >= 11 is 1.49. The van der Waals surface area contributed by atoms with Crippen molar-refractivity contribution >= 4 is 23.2 Å². The van der Waals surface area contributed by atoms with E-state index in [0.717, 1.165) is 49.6 Å². The number of amides is 2. The molecule has 1 aromatic carbocycles. The molecule has 200 valence electrons. The highest BCUT2D eigenvalue weighted by Crippen LogP contribution is 2.16. The third-order valence-electron chi connectivity index (χ3n) is 6.55. The van der Waals surface area contributed by atoms with Gasteiger partial charge in [0.2, 0.25) is 0 Å². The maximum Gasteiger partial charge on any atom is 0.270 e. The van der Waals surface area contributed by atoms with Gasteiger partial charge in [-0.1, -0.05) is 39.0 Å². The van der Waals surface area contributed by atoms with Gasteiger partial charge < -0.3 is 19.7 Å². The summed E-state index contributed by atoms with van der Waals surface area (Å²) in [6.45, 7) is 13.4. The van der Waals surface area contributed by atoms with Crippen molar-refractivity contribution < 1.29 is 9.59 Å². The van der Waals surface area contributed by atoms with Gasteiger partial charge in [0.25, 0.3) is 11.8 Å². The molecule has 0 saturated heterocycles. The van der Waals surface area contributed by atoms with Crippen LogP contribution in [-0.2, 0) is 13.1 Å². The summed E-state index contributed by atoms with van der Waals surface area (Å²) in [7, 11) is 0. The Morgan fingerprint density at radius 1 is 1.05 bits per heavy atom. The van der Waals surface area contributed by atoms with Crippen molar-refractivity contribution in [2.45, 2.75) is 66.1 Å². The second-order valence-electron chi connectivity index (χ2n) is 9.39. The number of rotatable bonds is 15. The van der Waals surface area contributed by atoms with Crippen molar-refractivity contribution in [3.05, 3.63) is 76.0 Å². The number of benzene rings is 1. The smallest absolute Gasteiger partial charge is 0.270 e. The van der Waals surface area contributed by atoms with Crippen LogP contribution in [0.4, 0.5) is 0 Å². The highest BCUT2D eigenvalue weighted by atomic mass is 32.1. The third-order valence-corrected chi connectivity index (χ3v) is 7.38. The van der Waals surface area contributed by atoms with E-state index in [2.05, 4.69) is 47.5 Å². The fraction of sp³-hybridized carbons (Fsp3) is 0.483. The summed E-state index contributed by atoms with van der Waals surface area (Å²) in [4.78, 5) is 34.7. The van der Waals surface area contributed by atoms with Gasteiger partial charge in [-0.15, -0.1) is 11.3 Å². The molecule has 3 rings (SSSR count). The van der Waals surface area contributed by atoms with E-state index >= 15 is 0 Å². The molecular formula is C29H41N5O2S. The zero-order valence-electron chi connectivity index (χ0n) is 22.7. The highest BCUT2D eigenvalue weighted by molar-refractivity contribution is 7.09. The first-order valence-electron chi connectivity index (χ1n) is 13.4. The van der Waals surface area contributed by atoms with Gasteiger partial charge >= 0.3 is 0 Å². The van der Waals surface area contributed by atoms with Gasteiger partial charge in [0.1, 0.15) is 10.7 Å². The molecule has 37 heavy (non-hydrogen) atoms. The summed E-state index contributed by atoms with van der Waals surface area (Å²) in [6, 6.07) is 13.6. The van der Waals surface area contributed by atoms with Crippen LogP contribution in [-0.4, -0.2) is 63.4 Å². The molecule has 8 heteroatoms. The summed E-state index contributed by atoms with van der Waals surface area (Å²) in [5.41, 5.74) is 2.21. The maximum atomic E-state index is 13.1. The first-order valence-corrected chi connectivity index (χ1v) is 14.3. The van der Waals surface area contributed by atoms with Crippen LogP contribution < -0.4 is 5.32 Å². The van der Waals surface area contributed by atoms with Gasteiger partial charge in [-0.2, -0.15) is 0 Å². The zero-order valence-corrected chi connectivity index (χ0v) is 23.5. The number of carbonyl (C=O) groups is 2. The minimum atomic E-state index is -0.117. The van der Waals surface area contributed by atoms with E-state index in [0.29, 0.717) is 30.9 Å². The Labute approximate surface area is 225 Å². The highest BCUT2D eigenvalue weighted by Gasteiger charge is 2.18. The molecule has 2 amide bonds. The largest absolute Gasteiger partial charge is 0.348 e. The van der Waals surface area contributed by atoms with Crippen LogP contribution in [0.3, 0.4) is 0 Å². The van der Waals surface area contributed by atoms with Crippen molar-refractivity contribution in [2.24, 2.45) is 0 Å². The number of nitrogens with one attached hydrogen (secondary N) is 1. The van der Waals surface area contributed by atoms with Crippen LogP contribution in [0.1, 0.15) is 78.5 Å². The molecule has 3 aromatic rings. The van der Waals surface area contributed by atoms with Gasteiger partial charge in [0.05, 0.1) is 13.1 Å². The molecule has 1 atom stereocenters. The van der Waals surface area contributed by atoms with Crippen LogP contribution in [0.2, 0.25) is 0 Å². The Morgan fingerprint density at radius 3 is 2.51 bits per heavy atom. The van der Waals surface area contributed by atoms with E-state index in [-0.39, 0.29) is 17.9 Å². The normalized spacial score (nSPS) is 12.0. The van der Waals surface area contributed by atoms with Crippen LogP contribution in [0, 0.1) is 0 Å². The summed E-state index contributed by atoms with van der Waals surface area (Å²) in [5.74, 6) is -0.0808. The van der Waals surface area contributed by atoms with Crippen molar-refractivity contribution in [1.82, 2.24) is 24.7 Å². The molecule has 2 heterocycles. The summed E-state index contributed by atoms with van der Waals surface area (Å²) in [5, 5.41) is 5.79. The number of hydrogen-bond donors (Lipinski definition) is 1. The molecule has 2 aromatic heterocycles. The molecule has 0 spiro atoms. The molecule has 1 unspecified atom stereocenters. The average molecular weight is 524 g/mol. The fourth-order valence-electron chi connectivity index (χ4n) is 4.39. The maximum absolute atomic E-state index is 13.1. The van der Waals surface area contributed by atoms with E-state index in [1.165, 1.54) is 11.3 Å². The van der Waals surface area contributed by atoms with Crippen molar-refractivity contribution in [3.63, 3.8) is 0 Å². The van der Waals surface area contributed by atoms with Crippen molar-refractivity contribution in [1.29, 1.82) is 0 Å². The minimum Gasteiger partial charge on any atom is -0.348 e. The SMILES string of the molecule is CCCN(Cc1cccn1Cc1nc(C(=O)NC(C)CCCN(CC)CC)cs1)C(=O)c1ccccc1. The van der Waals surface area contributed by atoms with Crippen LogP contribution in [0.5, 0.6) is 0 Å². The fourth-order valence-corrected chi connectivity index (χ4v) is 5.16. The minimum absolute atomic E-state index is 0.0367. The molecular weight excluding hydrogens is 482 g/mol. The number of thiazole rings is 1. The van der Waals surface area contributed by atoms with Gasteiger partial charge in [-0.3, -0.25) is 9.59 Å². The lowest BCUT2D eigenvalue weighted by molar-refractivity contribution is 0.0739. The second kappa shape index (κ2) is 14.7. The van der Waals surface area contributed by atoms with Crippen LogP contribution >= 0.6 is 11.3 Å². The Bertz CT molecular complexity index is 1110. The van der Waals surface area contributed by atoms with E-state index in [1.54, 1.807) is 0 Å². The zero-order chi connectivity index (χ0) is 26.6. The lowest BCUT2D eigenvalue weighted by atomic mass is 10.1. The average Bonchev–Trinajstić information content (AvgIpc) is 3.56. The molecule has 0 fully saturated rings. The molecule has 0 aliphatic heterocycles. The lowest BCUT2D eigenvalue weighted by Gasteiger charge is -2.23. The van der Waals surface area contributed by atoms with Gasteiger partial charge in [0, 0.05) is 35.4 Å². The quantitative estimate of drug-likeness (QED) is 0.294. The molecule has 0 radical (unpaired) electrons. The standard InChI is InChI=1S/C29H41N5O2S/c1-5-17-34(29(36)24-14-9-8-10-15-24)20-25-16-12-19-33(25)21-27-31-26(22-37-27)28(35)30-23(4)13-11-18-32(6-2)7-3/h8-10,12,14-16,19,22-23H,5-7,11,13,17-18,20-21H2,1-4H3,(H,30,35). The van der Waals surface area contributed by atoms with Crippen LogP contribution in [0.25, 0.3) is 0 Å². The lowest BCUT2D eigenvalue weighted by Crippen LogP contribution is -2.34. The summed E-state index contributed by atoms with van der Waals surface area (Å²) in [6.07, 6.45) is 4.90. The molecule has 1 N–H and O–H groups in total. The van der Waals surface area contributed by atoms with Gasteiger partial charge in [-0.25, -0.2) is 4.98 Å². The first-order chi connectivity index (χ1) is 17.9. The monoisotopic (exact) mass is 523 g/mol. The van der Waals surface area contributed by atoms with E-state index in [1.807, 2.05) is 58.9 Å². The predicted octanol–water partition coefficient (Wildman–Crippen LogP) is 5.29. The second-order valence-corrected chi connectivity index (χ2v) is 10.3. The Balaban J connectivity index is 1.57. The first kappa shape index (κ1) is 28.6. The molecule has 7 nitrogen and oxygen atoms in total.